The number of ether oxygens (including phenoxy) is 7. The van der Waals surface area contributed by atoms with Gasteiger partial charge in [-0.25, -0.2) is 5.48 Å². The number of nitrogens with zero attached hydrogens (tertiary/aromatic N) is 4. The number of aliphatic hydroxyl groups is 4. The van der Waals surface area contributed by atoms with E-state index in [0.29, 0.717) is 32.4 Å². The predicted octanol–water partition coefficient (Wildman–Crippen LogP) is 4.09. The molecule has 4 saturated heterocycles. The van der Waals surface area contributed by atoms with Crippen LogP contribution < -0.4 is 5.48 Å². The van der Waals surface area contributed by atoms with Crippen LogP contribution in [-0.4, -0.2) is 168 Å². The molecule has 5 heterocycles. The van der Waals surface area contributed by atoms with Crippen molar-refractivity contribution in [2.75, 3.05) is 20.8 Å². The summed E-state index contributed by atoms with van der Waals surface area (Å²) < 4.78 is 46.8. The van der Waals surface area contributed by atoms with Crippen LogP contribution in [0.15, 0.2) is 30.5 Å². The summed E-state index contributed by atoms with van der Waals surface area (Å²) in [7, 11) is 3.44. The summed E-state index contributed by atoms with van der Waals surface area (Å²) in [5.74, 6) is -4.97. The smallest absolute Gasteiger partial charge is 0.311 e. The minimum absolute atomic E-state index is 0.00822. The molecule has 18 atom stereocenters. The Kier molecular flexibility index (Phi) is 19.6. The van der Waals surface area contributed by atoms with Gasteiger partial charge in [0.15, 0.2) is 12.6 Å². The molecule has 6 rings (SSSR count). The highest BCUT2D eigenvalue weighted by molar-refractivity contribution is 5.84. The van der Waals surface area contributed by atoms with Gasteiger partial charge < -0.3 is 53.6 Å². The van der Waals surface area contributed by atoms with Crippen molar-refractivity contribution in [3.8, 4) is 11.3 Å². The van der Waals surface area contributed by atoms with Gasteiger partial charge in [0.2, 0.25) is 5.91 Å². The van der Waals surface area contributed by atoms with Crippen molar-refractivity contribution in [2.45, 2.75) is 217 Å². The predicted molar refractivity (Wildman–Crippen MR) is 261 cm³/mol. The number of carbonyl (C=O) groups excluding carboxylic acids is 3. The van der Waals surface area contributed by atoms with Crippen molar-refractivity contribution < 1.29 is 73.2 Å². The molecule has 1 aromatic heterocycles. The van der Waals surface area contributed by atoms with Crippen molar-refractivity contribution in [3.63, 3.8) is 0 Å². The first-order valence-corrected chi connectivity index (χ1v) is 25.9. The maximum atomic E-state index is 14.4. The highest BCUT2D eigenvalue weighted by Gasteiger charge is 2.56. The van der Waals surface area contributed by atoms with E-state index in [9.17, 15) is 34.8 Å². The number of Topliss-reactive ketones (excluding diaryl/α,β-unsaturated/α-hetero) is 1. The van der Waals surface area contributed by atoms with Gasteiger partial charge in [0.25, 0.3) is 0 Å². The lowest BCUT2D eigenvalue weighted by molar-refractivity contribution is -0.317. The third kappa shape index (κ3) is 13.1. The molecule has 406 valence electrons. The molecule has 6 N–H and O–H groups in total. The van der Waals surface area contributed by atoms with Gasteiger partial charge in [-0.3, -0.25) is 29.2 Å². The number of likely N-dealkylation sites (N-methyl/N-ethyl adjacent to an activating group) is 1. The number of unbranched alkanes of at least 4 members (excludes halogenated alkanes) is 3. The molecule has 20 nitrogen and oxygen atoms in total. The van der Waals surface area contributed by atoms with E-state index in [1.165, 1.54) is 14.0 Å². The maximum absolute atomic E-state index is 14.4. The number of amides is 1. The number of cyclic esters (lactones) is 1. The molecule has 0 radical (unpaired) electrons. The number of ketones is 1. The zero-order valence-electron chi connectivity index (χ0n) is 44.1. The number of rotatable bonds is 17. The lowest BCUT2D eigenvalue weighted by atomic mass is 9.75. The van der Waals surface area contributed by atoms with Crippen LogP contribution in [0.25, 0.3) is 11.3 Å². The van der Waals surface area contributed by atoms with Crippen LogP contribution in [-0.2, 0) is 60.6 Å². The Morgan fingerprint density at radius 3 is 2.31 bits per heavy atom. The van der Waals surface area contributed by atoms with Crippen molar-refractivity contribution in [2.24, 2.45) is 23.7 Å². The highest BCUT2D eigenvalue weighted by atomic mass is 16.7. The van der Waals surface area contributed by atoms with E-state index < -0.39 is 108 Å². The number of hydroxylamine groups is 1. The summed E-state index contributed by atoms with van der Waals surface area (Å²) in [6.07, 6.45) is -3.76. The van der Waals surface area contributed by atoms with Crippen LogP contribution in [0.4, 0.5) is 0 Å². The molecule has 0 saturated carbocycles. The minimum atomic E-state index is -1.99. The van der Waals surface area contributed by atoms with Gasteiger partial charge in [-0.15, -0.1) is 5.10 Å². The second kappa shape index (κ2) is 24.4. The van der Waals surface area contributed by atoms with Crippen molar-refractivity contribution in [3.05, 3.63) is 36.0 Å². The second-order valence-electron chi connectivity index (χ2n) is 21.7. The summed E-state index contributed by atoms with van der Waals surface area (Å²) in [6.45, 7) is 16.5. The summed E-state index contributed by atoms with van der Waals surface area (Å²) in [4.78, 5) is 42.0. The fraction of sp³-hybridized carbons (Fsp3) is 0.788. The number of methoxy groups -OCH3 is 1. The van der Waals surface area contributed by atoms with E-state index in [-0.39, 0.29) is 43.7 Å². The van der Waals surface area contributed by atoms with Gasteiger partial charge in [0.1, 0.15) is 35.4 Å². The van der Waals surface area contributed by atoms with Crippen LogP contribution in [0.5, 0.6) is 0 Å². The van der Waals surface area contributed by atoms with E-state index in [0.717, 1.165) is 36.1 Å². The van der Waals surface area contributed by atoms with E-state index in [1.54, 1.807) is 40.1 Å². The molecule has 4 aliphatic rings. The Bertz CT molecular complexity index is 2090. The zero-order chi connectivity index (χ0) is 52.9. The molecule has 2 aromatic rings. The summed E-state index contributed by atoms with van der Waals surface area (Å²) >= 11 is 0. The van der Waals surface area contributed by atoms with Crippen LogP contribution in [0, 0.1) is 23.7 Å². The fourth-order valence-electron chi connectivity index (χ4n) is 11.4. The van der Waals surface area contributed by atoms with E-state index in [1.807, 2.05) is 63.0 Å². The van der Waals surface area contributed by atoms with Gasteiger partial charge in [-0.05, 0) is 86.3 Å². The first kappa shape index (κ1) is 57.8. The molecule has 0 aliphatic carbocycles. The molecular formula is C52H83N5O15. The minimum Gasteiger partial charge on any atom is -0.459 e. The molecule has 0 spiro atoms. The number of carbonyl (C=O) groups is 3. The quantitative estimate of drug-likeness (QED) is 0.0564. The Morgan fingerprint density at radius 2 is 1.64 bits per heavy atom. The van der Waals surface area contributed by atoms with Gasteiger partial charge in [0.05, 0.1) is 60.4 Å². The summed E-state index contributed by atoms with van der Waals surface area (Å²) in [5, 5.41) is 64.1. The number of esters is 1. The number of aliphatic hydroxyl groups excluding tert-OH is 3. The van der Waals surface area contributed by atoms with Crippen molar-refractivity contribution in [1.29, 1.82) is 0 Å². The molecule has 4 fully saturated rings. The van der Waals surface area contributed by atoms with Crippen LogP contribution in [0.2, 0.25) is 0 Å². The van der Waals surface area contributed by atoms with Crippen molar-refractivity contribution in [1.82, 2.24) is 25.4 Å². The number of hydrogen-bond acceptors (Lipinski definition) is 18. The average molecular weight is 1020 g/mol. The third-order valence-electron chi connectivity index (χ3n) is 16.1. The topological polar surface area (TPSA) is 263 Å². The standard InChI is InChI=1S/C52H83N5O15/c1-12-39-52(9,64)45(61)30(3)42(59)36-24-51(8,67-28-36)47(31(4)44(32(5)48(63)70-39)71-41-25-50(7,66-11)46(62)33(6)69-41)72-49-43(60)38(23-29(2)68-49)56(10)26-34-18-20-35(21-19-34)37-27-57(55-53-37)22-16-14-13-15-17-40(58)54-65/h18-21,27,29-33,36,38-39,41,43-47,49,60-62,64-65H,12-17,22-26,28H2,1-11H3,(H,54,58)/t29-,30+,31+,32-,33+,36+,38+,39-,41+,43-,44+,45-,46+,47-,49+,50-,51-,52-/m1/s1. The summed E-state index contributed by atoms with van der Waals surface area (Å²) in [6, 6.07) is 7.60. The SMILES string of the molecule is CC[C@H]1OC(=O)[C@H](C)[C@@H](O[C@H]2C[C@@](C)(OC)[C@@H](O)[C@H](C)O2)[C@H](C)[C@@H](O[C@@H]2O[C@H](C)C[C@H](N(C)Cc3ccc(-c4cn(CCCCCCC(=O)NO)nn4)cc3)[C@H]2O)[C@@]2(C)C[C@@H](CO2)C(=O)[C@H](C)[C@@H](O)[C@]1(C)O. The lowest BCUT2D eigenvalue weighted by Gasteiger charge is -2.49. The molecular weight excluding hydrogens is 935 g/mol. The van der Waals surface area contributed by atoms with E-state index in [4.69, 9.17) is 38.4 Å². The molecule has 4 aliphatic heterocycles. The normalized spacial score (nSPS) is 39.2. The van der Waals surface area contributed by atoms with Crippen molar-refractivity contribution >= 4 is 17.7 Å². The Balaban J connectivity index is 1.23. The largest absolute Gasteiger partial charge is 0.459 e. The number of hydrogen-bond donors (Lipinski definition) is 6. The number of nitrogens with one attached hydrogen (secondary N) is 1. The zero-order valence-corrected chi connectivity index (χ0v) is 44.1. The van der Waals surface area contributed by atoms with Gasteiger partial charge in [-0.1, -0.05) is 63.1 Å². The molecule has 0 unspecified atom stereocenters. The maximum Gasteiger partial charge on any atom is 0.311 e. The lowest BCUT2D eigenvalue weighted by Crippen LogP contribution is -2.61. The number of aromatic nitrogens is 3. The molecule has 20 heteroatoms. The fourth-order valence-corrected chi connectivity index (χ4v) is 11.4. The number of aryl methyl sites for hydroxylation is 1. The monoisotopic (exact) mass is 1020 g/mol. The first-order valence-electron chi connectivity index (χ1n) is 25.9. The van der Waals surface area contributed by atoms with E-state index >= 15 is 0 Å². The van der Waals surface area contributed by atoms with Crippen LogP contribution in [0.3, 0.4) is 0 Å². The highest BCUT2D eigenvalue weighted by Crippen LogP contribution is 2.45. The average Bonchev–Trinajstić information content (AvgIpc) is 4.01. The van der Waals surface area contributed by atoms with E-state index in [2.05, 4.69) is 15.2 Å². The Morgan fingerprint density at radius 1 is 0.944 bits per heavy atom. The first-order chi connectivity index (χ1) is 34.0. The third-order valence-corrected chi connectivity index (χ3v) is 16.1. The molecule has 1 aromatic carbocycles. The molecule has 2 bridgehead atoms. The van der Waals surface area contributed by atoms with Gasteiger partial charge in [-0.2, -0.15) is 0 Å². The summed E-state index contributed by atoms with van der Waals surface area (Å²) in [5.41, 5.74) is 0.0145. The van der Waals surface area contributed by atoms with Crippen LogP contribution in [0.1, 0.15) is 126 Å². The van der Waals surface area contributed by atoms with Crippen LogP contribution >= 0.6 is 0 Å². The Hall–Kier alpha value is -3.51. The Labute approximate surface area is 424 Å². The number of fused-ring (bicyclic) bond motifs is 2. The molecule has 72 heavy (non-hydrogen) atoms. The number of benzene rings is 1. The molecule has 1 amide bonds. The van der Waals surface area contributed by atoms with Gasteiger partial charge in [0, 0.05) is 62.4 Å². The van der Waals surface area contributed by atoms with Gasteiger partial charge >= 0.3 is 5.97 Å². The second-order valence-corrected chi connectivity index (χ2v) is 21.7.